The quantitative estimate of drug-likeness (QED) is 0.455. The molecule has 3 aromatic rings. The monoisotopic (exact) mass is 499 g/mol. The first-order chi connectivity index (χ1) is 18.0. The van der Waals surface area contributed by atoms with Crippen LogP contribution in [0.1, 0.15) is 50.9 Å². The first kappa shape index (κ1) is 24.2. The third-order valence-corrected chi connectivity index (χ3v) is 8.34. The molecule has 1 aliphatic heterocycles. The zero-order valence-corrected chi connectivity index (χ0v) is 22.0. The summed E-state index contributed by atoms with van der Waals surface area (Å²) in [6.07, 6.45) is 9.98. The number of fused-ring (bicyclic) bond motifs is 2. The predicted molar refractivity (Wildman–Crippen MR) is 145 cm³/mol. The third kappa shape index (κ3) is 4.80. The number of ether oxygens (including phenoxy) is 1. The molecule has 1 saturated heterocycles. The lowest BCUT2D eigenvalue weighted by Gasteiger charge is -2.33. The Morgan fingerprint density at radius 3 is 2.59 bits per heavy atom. The van der Waals surface area contributed by atoms with Crippen molar-refractivity contribution >= 4 is 16.7 Å². The van der Waals surface area contributed by atoms with E-state index in [1.807, 2.05) is 28.9 Å². The van der Waals surface area contributed by atoms with Gasteiger partial charge >= 0.3 is 0 Å². The Morgan fingerprint density at radius 2 is 1.89 bits per heavy atom. The van der Waals surface area contributed by atoms with Crippen molar-refractivity contribution in [1.29, 1.82) is 5.41 Å². The molecule has 0 unspecified atom stereocenters. The Bertz CT molecular complexity index is 1280. The SMILES string of the molecule is CC(C)N/C(=C\C(=N)c1cnc2cnn([C@@H](C)c3ccccn3)c2c1)[C@H]1[C@@H]2C[C@H](N3CCOCC3)C[C@@H]21. The second-order valence-electron chi connectivity index (χ2n) is 11.1. The average molecular weight is 500 g/mol. The normalized spacial score (nSPS) is 26.9. The van der Waals surface area contributed by atoms with Crippen LogP contribution in [0.2, 0.25) is 0 Å². The van der Waals surface area contributed by atoms with Gasteiger partial charge in [0.05, 0.1) is 42.4 Å². The molecule has 4 heterocycles. The molecule has 37 heavy (non-hydrogen) atoms. The number of morpholine rings is 1. The van der Waals surface area contributed by atoms with E-state index in [1.165, 1.54) is 18.5 Å². The number of nitrogens with zero attached hydrogens (tertiary/aromatic N) is 5. The van der Waals surface area contributed by atoms with Gasteiger partial charge in [-0.15, -0.1) is 0 Å². The van der Waals surface area contributed by atoms with Crippen LogP contribution in [0.4, 0.5) is 0 Å². The summed E-state index contributed by atoms with van der Waals surface area (Å²) in [5.41, 5.74) is 5.21. The zero-order chi connectivity index (χ0) is 25.5. The average Bonchev–Trinajstić information content (AvgIpc) is 3.23. The molecule has 2 N–H and O–H groups in total. The van der Waals surface area contributed by atoms with E-state index in [1.54, 1.807) is 18.6 Å². The van der Waals surface area contributed by atoms with Gasteiger partial charge < -0.3 is 15.5 Å². The van der Waals surface area contributed by atoms with Crippen LogP contribution in [0, 0.1) is 23.2 Å². The molecule has 8 heteroatoms. The number of allylic oxidation sites excluding steroid dienone is 2. The fourth-order valence-electron chi connectivity index (χ4n) is 6.45. The maximum absolute atomic E-state index is 8.98. The summed E-state index contributed by atoms with van der Waals surface area (Å²) in [4.78, 5) is 11.8. The molecule has 0 radical (unpaired) electrons. The lowest BCUT2D eigenvalue weighted by Crippen LogP contribution is -2.43. The van der Waals surface area contributed by atoms with Gasteiger partial charge in [-0.1, -0.05) is 6.07 Å². The summed E-state index contributed by atoms with van der Waals surface area (Å²) in [6.45, 7) is 10.3. The largest absolute Gasteiger partial charge is 0.386 e. The van der Waals surface area contributed by atoms with E-state index in [-0.39, 0.29) is 6.04 Å². The Balaban J connectivity index is 1.21. The fourth-order valence-corrected chi connectivity index (χ4v) is 6.45. The highest BCUT2D eigenvalue weighted by Gasteiger charge is 2.58. The lowest BCUT2D eigenvalue weighted by atomic mass is 10.0. The molecular formula is C29H37N7O. The van der Waals surface area contributed by atoms with Gasteiger partial charge in [0.2, 0.25) is 0 Å². The van der Waals surface area contributed by atoms with E-state index in [0.717, 1.165) is 60.4 Å². The Hall–Kier alpha value is -3.10. The molecule has 2 saturated carbocycles. The van der Waals surface area contributed by atoms with Gasteiger partial charge in [-0.05, 0) is 69.7 Å². The number of hydrogen-bond donors (Lipinski definition) is 2. The van der Waals surface area contributed by atoms with Crippen molar-refractivity contribution in [3.05, 3.63) is 65.9 Å². The highest BCUT2D eigenvalue weighted by Crippen LogP contribution is 2.61. The van der Waals surface area contributed by atoms with Crippen LogP contribution in [0.15, 0.2) is 54.6 Å². The highest BCUT2D eigenvalue weighted by molar-refractivity contribution is 6.08. The summed E-state index contributed by atoms with van der Waals surface area (Å²) in [7, 11) is 0. The van der Waals surface area contributed by atoms with Crippen molar-refractivity contribution in [3.63, 3.8) is 0 Å². The van der Waals surface area contributed by atoms with Crippen molar-refractivity contribution < 1.29 is 4.74 Å². The van der Waals surface area contributed by atoms with E-state index < -0.39 is 0 Å². The molecule has 3 aromatic heterocycles. The van der Waals surface area contributed by atoms with Crippen LogP contribution >= 0.6 is 0 Å². The van der Waals surface area contributed by atoms with Crippen LogP contribution in [0.25, 0.3) is 11.0 Å². The van der Waals surface area contributed by atoms with Gasteiger partial charge in [0.15, 0.2) is 0 Å². The van der Waals surface area contributed by atoms with E-state index in [2.05, 4.69) is 52.1 Å². The van der Waals surface area contributed by atoms with Gasteiger partial charge in [0.25, 0.3) is 0 Å². The Morgan fingerprint density at radius 1 is 1.11 bits per heavy atom. The number of nitrogens with one attached hydrogen (secondary N) is 2. The van der Waals surface area contributed by atoms with Crippen molar-refractivity contribution in [1.82, 2.24) is 30.0 Å². The van der Waals surface area contributed by atoms with Crippen molar-refractivity contribution in [2.75, 3.05) is 26.3 Å². The van der Waals surface area contributed by atoms with E-state index in [9.17, 15) is 0 Å². The van der Waals surface area contributed by atoms with Crippen molar-refractivity contribution in [3.8, 4) is 0 Å². The first-order valence-corrected chi connectivity index (χ1v) is 13.6. The van der Waals surface area contributed by atoms with Crippen molar-refractivity contribution in [2.24, 2.45) is 17.8 Å². The molecule has 8 nitrogen and oxygen atoms in total. The van der Waals surface area contributed by atoms with E-state index in [0.29, 0.717) is 23.7 Å². The van der Waals surface area contributed by atoms with E-state index in [4.69, 9.17) is 10.1 Å². The van der Waals surface area contributed by atoms with Crippen LogP contribution in [-0.4, -0.2) is 68.7 Å². The minimum Gasteiger partial charge on any atom is -0.386 e. The van der Waals surface area contributed by atoms with Gasteiger partial charge in [-0.3, -0.25) is 19.5 Å². The minimum atomic E-state index is -0.0242. The van der Waals surface area contributed by atoms with Gasteiger partial charge in [-0.25, -0.2) is 0 Å². The van der Waals surface area contributed by atoms with E-state index >= 15 is 0 Å². The number of hydrogen-bond acceptors (Lipinski definition) is 7. The van der Waals surface area contributed by atoms with Crippen LogP contribution in [-0.2, 0) is 4.74 Å². The second kappa shape index (κ2) is 9.99. The smallest absolute Gasteiger partial charge is 0.108 e. The Labute approximate surface area is 218 Å². The maximum Gasteiger partial charge on any atom is 0.108 e. The predicted octanol–water partition coefficient (Wildman–Crippen LogP) is 4.04. The summed E-state index contributed by atoms with van der Waals surface area (Å²) in [6, 6.07) is 8.98. The van der Waals surface area contributed by atoms with Gasteiger partial charge in [-0.2, -0.15) is 5.10 Å². The number of aromatic nitrogens is 4. The standard InChI is InChI=1S/C29H37N7O/c1-18(2)34-26(29-22-13-21(14-23(22)29)35-8-10-37-11-9-35)15-24(30)20-12-28-27(32-16-20)17-33-36(28)19(3)25-6-4-5-7-31-25/h4-7,12,15-19,21-23,29-30,34H,8-11,13-14H2,1-3H3/b26-15-,30-24?/t19-,21-,22+,23-,29-/m0/s1. The van der Waals surface area contributed by atoms with Gasteiger partial charge in [0, 0.05) is 54.7 Å². The molecule has 5 atom stereocenters. The van der Waals surface area contributed by atoms with Gasteiger partial charge in [0.1, 0.15) is 5.52 Å². The summed E-state index contributed by atoms with van der Waals surface area (Å²) in [5, 5.41) is 17.3. The van der Waals surface area contributed by atoms with Crippen LogP contribution in [0.5, 0.6) is 0 Å². The molecule has 0 amide bonds. The molecule has 0 spiro atoms. The summed E-state index contributed by atoms with van der Waals surface area (Å²) in [5.74, 6) is 1.98. The molecule has 6 rings (SSSR count). The zero-order valence-electron chi connectivity index (χ0n) is 22.0. The minimum absolute atomic E-state index is 0.0242. The molecule has 0 bridgehead atoms. The number of pyridine rings is 2. The maximum atomic E-state index is 8.98. The molecule has 3 aliphatic rings. The molecule has 0 aromatic carbocycles. The topological polar surface area (TPSA) is 92.0 Å². The van der Waals surface area contributed by atoms with Crippen LogP contribution < -0.4 is 5.32 Å². The molecule has 2 aliphatic carbocycles. The summed E-state index contributed by atoms with van der Waals surface area (Å²) >= 11 is 0. The lowest BCUT2D eigenvalue weighted by molar-refractivity contribution is 0.0148. The fraction of sp³-hybridized carbons (Fsp3) is 0.517. The molecule has 194 valence electrons. The van der Waals surface area contributed by atoms with Crippen LogP contribution in [0.3, 0.4) is 0 Å². The second-order valence-corrected chi connectivity index (χ2v) is 11.1. The number of rotatable bonds is 8. The summed E-state index contributed by atoms with van der Waals surface area (Å²) < 4.78 is 7.51. The molecular weight excluding hydrogens is 462 g/mol. The molecule has 3 fully saturated rings. The Kier molecular flexibility index (Phi) is 6.55. The van der Waals surface area contributed by atoms with Crippen molar-refractivity contribution in [2.45, 2.75) is 51.7 Å². The first-order valence-electron chi connectivity index (χ1n) is 13.6. The third-order valence-electron chi connectivity index (χ3n) is 8.34. The highest BCUT2D eigenvalue weighted by atomic mass is 16.5.